The van der Waals surface area contributed by atoms with Crippen molar-refractivity contribution in [2.24, 2.45) is 0 Å². The number of hydrogen-bond acceptors (Lipinski definition) is 8. The number of amides is 1. The minimum atomic E-state index is 0.232. The first-order valence-electron chi connectivity index (χ1n) is 12.3. The highest BCUT2D eigenvalue weighted by Crippen LogP contribution is 2.46. The van der Waals surface area contributed by atoms with Crippen LogP contribution >= 0.6 is 23.2 Å². The van der Waals surface area contributed by atoms with Crippen molar-refractivity contribution < 1.29 is 14.3 Å². The van der Waals surface area contributed by atoms with Gasteiger partial charge in [-0.15, -0.1) is 0 Å². The zero-order valence-corrected chi connectivity index (χ0v) is 23.4. The number of anilines is 4. The van der Waals surface area contributed by atoms with Gasteiger partial charge in [0.25, 0.3) is 0 Å². The van der Waals surface area contributed by atoms with E-state index in [4.69, 9.17) is 37.7 Å². The molecule has 4 aromatic rings. The Labute approximate surface area is 236 Å². The largest absolute Gasteiger partial charge is 0.495 e. The zero-order valence-electron chi connectivity index (χ0n) is 21.9. The van der Waals surface area contributed by atoms with Gasteiger partial charge in [0.2, 0.25) is 6.41 Å². The molecule has 0 unspecified atom stereocenters. The van der Waals surface area contributed by atoms with Crippen LogP contribution in [0.1, 0.15) is 5.56 Å². The minimum Gasteiger partial charge on any atom is -0.495 e. The highest BCUT2D eigenvalue weighted by molar-refractivity contribution is 6.41. The Hall–Kier alpha value is -3.79. The molecule has 9 nitrogen and oxygen atoms in total. The van der Waals surface area contributed by atoms with Crippen molar-refractivity contribution in [2.75, 3.05) is 50.3 Å². The van der Waals surface area contributed by atoms with Gasteiger partial charge >= 0.3 is 0 Å². The molecular weight excluding hydrogens is 539 g/mol. The van der Waals surface area contributed by atoms with Crippen LogP contribution in [0.5, 0.6) is 11.5 Å². The number of ether oxygens (including phenoxy) is 2. The summed E-state index contributed by atoms with van der Waals surface area (Å²) in [6, 6.07) is 11.4. The number of benzene rings is 2. The molecule has 0 atom stereocenters. The van der Waals surface area contributed by atoms with Crippen molar-refractivity contribution in [3.05, 3.63) is 58.2 Å². The molecular formula is C28H28Cl2N6O3. The predicted molar refractivity (Wildman–Crippen MR) is 157 cm³/mol. The monoisotopic (exact) mass is 566 g/mol. The number of halogens is 2. The number of carbonyl (C=O) groups is 1. The number of nitrogens with one attached hydrogen (secondary N) is 3. The van der Waals surface area contributed by atoms with Crippen molar-refractivity contribution in [3.63, 3.8) is 0 Å². The molecule has 0 bridgehead atoms. The zero-order chi connectivity index (χ0) is 27.7. The van der Waals surface area contributed by atoms with Crippen LogP contribution in [0.2, 0.25) is 10.0 Å². The molecule has 3 heterocycles. The maximum absolute atomic E-state index is 11.1. The number of likely N-dealkylation sites (N-methyl/N-ethyl adjacent to an activating group) is 1. The van der Waals surface area contributed by atoms with Gasteiger partial charge in [-0.05, 0) is 37.7 Å². The second kappa shape index (κ2) is 11.1. The van der Waals surface area contributed by atoms with Crippen molar-refractivity contribution in [1.82, 2.24) is 14.9 Å². The molecule has 39 heavy (non-hydrogen) atoms. The average Bonchev–Trinajstić information content (AvgIpc) is 2.90. The van der Waals surface area contributed by atoms with Crippen LogP contribution < -0.4 is 25.4 Å². The molecule has 2 aromatic heterocycles. The summed E-state index contributed by atoms with van der Waals surface area (Å²) in [6.07, 6.45) is 2.42. The molecule has 1 saturated heterocycles. The fraction of sp³-hybridized carbons (Fsp3) is 0.250. The maximum Gasteiger partial charge on any atom is 0.211 e. The van der Waals surface area contributed by atoms with E-state index in [0.717, 1.165) is 35.1 Å². The van der Waals surface area contributed by atoms with Crippen LogP contribution in [-0.2, 0) is 4.79 Å². The number of para-hydroxylation sites is 1. The molecule has 202 valence electrons. The van der Waals surface area contributed by atoms with Gasteiger partial charge in [0, 0.05) is 41.7 Å². The standard InChI is InChI=1S/C28H28Cl2N6O3/c1-15-6-5-7-19(32-14-37)27(15)35-23-9-18-16(11-31-23)8-20(34-28(18)33-17-12-36(2)13-17)24-25(29)21(38-3)10-22(39-4)26(24)30/h5-11,14,17H,12-13H2,1-4H3,(H,31,35)(H,32,37)(H,33,34). The van der Waals surface area contributed by atoms with Crippen LogP contribution in [0.15, 0.2) is 42.6 Å². The smallest absolute Gasteiger partial charge is 0.211 e. The minimum absolute atomic E-state index is 0.232. The molecule has 0 radical (unpaired) electrons. The third kappa shape index (κ3) is 5.25. The summed E-state index contributed by atoms with van der Waals surface area (Å²) >= 11 is 13.5. The molecule has 0 spiro atoms. The number of carbonyl (C=O) groups excluding carboxylic acids is 1. The molecule has 1 aliphatic heterocycles. The fourth-order valence-electron chi connectivity index (χ4n) is 4.69. The summed E-state index contributed by atoms with van der Waals surface area (Å²) in [6.45, 7) is 3.74. The molecule has 3 N–H and O–H groups in total. The Morgan fingerprint density at radius 1 is 1.08 bits per heavy atom. The number of pyridine rings is 2. The first-order valence-corrected chi connectivity index (χ1v) is 13.0. The highest BCUT2D eigenvalue weighted by atomic mass is 35.5. The van der Waals surface area contributed by atoms with Gasteiger partial charge in [-0.1, -0.05) is 35.3 Å². The molecule has 11 heteroatoms. The van der Waals surface area contributed by atoms with Crippen molar-refractivity contribution in [2.45, 2.75) is 13.0 Å². The van der Waals surface area contributed by atoms with E-state index in [1.165, 1.54) is 14.2 Å². The lowest BCUT2D eigenvalue weighted by Gasteiger charge is -2.37. The second-order valence-corrected chi connectivity index (χ2v) is 10.1. The number of nitrogens with zero attached hydrogens (tertiary/aromatic N) is 3. The number of likely N-dealkylation sites (tertiary alicyclic amines) is 1. The topological polar surface area (TPSA) is 101 Å². The van der Waals surface area contributed by atoms with Crippen LogP contribution in [0.3, 0.4) is 0 Å². The lowest BCUT2D eigenvalue weighted by molar-refractivity contribution is -0.105. The summed E-state index contributed by atoms with van der Waals surface area (Å²) in [5.41, 5.74) is 3.45. The Morgan fingerprint density at radius 2 is 1.79 bits per heavy atom. The molecule has 1 amide bonds. The van der Waals surface area contributed by atoms with E-state index in [1.807, 2.05) is 37.3 Å². The Kier molecular flexibility index (Phi) is 7.65. The first-order chi connectivity index (χ1) is 18.8. The van der Waals surface area contributed by atoms with E-state index >= 15 is 0 Å². The number of aryl methyl sites for hydroxylation is 1. The first kappa shape index (κ1) is 26.8. The predicted octanol–water partition coefficient (Wildman–Crippen LogP) is 5.97. The summed E-state index contributed by atoms with van der Waals surface area (Å²) in [5.74, 6) is 2.14. The molecule has 1 aliphatic rings. The van der Waals surface area contributed by atoms with Crippen molar-refractivity contribution >= 4 is 63.4 Å². The van der Waals surface area contributed by atoms with Gasteiger partial charge in [0.15, 0.2) is 0 Å². The lowest BCUT2D eigenvalue weighted by Crippen LogP contribution is -2.52. The summed E-state index contributed by atoms with van der Waals surface area (Å²) in [5, 5.41) is 12.1. The van der Waals surface area contributed by atoms with E-state index < -0.39 is 0 Å². The number of hydrogen-bond donors (Lipinski definition) is 3. The molecule has 5 rings (SSSR count). The Morgan fingerprint density at radius 3 is 2.44 bits per heavy atom. The normalized spacial score (nSPS) is 13.6. The highest BCUT2D eigenvalue weighted by Gasteiger charge is 2.26. The summed E-state index contributed by atoms with van der Waals surface area (Å²) in [7, 11) is 5.14. The maximum atomic E-state index is 11.1. The van der Waals surface area contributed by atoms with E-state index in [-0.39, 0.29) is 6.04 Å². The SMILES string of the molecule is COc1cc(OC)c(Cl)c(-c2cc3cnc(Nc4c(C)cccc4NC=O)cc3c(NC3CN(C)C3)n2)c1Cl. The number of fused-ring (bicyclic) bond motifs is 1. The van der Waals surface area contributed by atoms with Crippen molar-refractivity contribution in [3.8, 4) is 22.8 Å². The average molecular weight is 567 g/mol. The molecule has 0 aliphatic carbocycles. The molecule has 1 fully saturated rings. The third-order valence-electron chi connectivity index (χ3n) is 6.69. The number of methoxy groups -OCH3 is 2. The third-order valence-corrected chi connectivity index (χ3v) is 7.44. The van der Waals surface area contributed by atoms with Gasteiger partial charge in [-0.25, -0.2) is 9.97 Å². The van der Waals surface area contributed by atoms with E-state index in [0.29, 0.717) is 56.5 Å². The molecule has 0 saturated carbocycles. The van der Waals surface area contributed by atoms with Gasteiger partial charge in [-0.3, -0.25) is 4.79 Å². The summed E-state index contributed by atoms with van der Waals surface area (Å²) in [4.78, 5) is 23.0. The van der Waals surface area contributed by atoms with Crippen LogP contribution in [0.4, 0.5) is 23.0 Å². The van der Waals surface area contributed by atoms with Crippen LogP contribution in [0, 0.1) is 6.92 Å². The van der Waals surface area contributed by atoms with Crippen LogP contribution in [-0.4, -0.2) is 61.7 Å². The van der Waals surface area contributed by atoms with Gasteiger partial charge < -0.3 is 30.3 Å². The Bertz CT molecular complexity index is 1530. The van der Waals surface area contributed by atoms with Crippen LogP contribution in [0.25, 0.3) is 22.0 Å². The van der Waals surface area contributed by atoms with Gasteiger partial charge in [0.1, 0.15) is 23.1 Å². The van der Waals surface area contributed by atoms with Gasteiger partial charge in [-0.2, -0.15) is 0 Å². The van der Waals surface area contributed by atoms with E-state index in [2.05, 4.69) is 32.9 Å². The summed E-state index contributed by atoms with van der Waals surface area (Å²) < 4.78 is 10.9. The number of rotatable bonds is 9. The van der Waals surface area contributed by atoms with E-state index in [9.17, 15) is 4.79 Å². The molecule has 2 aromatic carbocycles. The quantitative estimate of drug-likeness (QED) is 0.213. The number of aromatic nitrogens is 2. The van der Waals surface area contributed by atoms with E-state index in [1.54, 1.807) is 12.3 Å². The fourth-order valence-corrected chi connectivity index (χ4v) is 5.39. The van der Waals surface area contributed by atoms with Crippen molar-refractivity contribution in [1.29, 1.82) is 0 Å². The lowest BCUT2D eigenvalue weighted by atomic mass is 10.1. The second-order valence-electron chi connectivity index (χ2n) is 9.38. The van der Waals surface area contributed by atoms with Gasteiger partial charge in [0.05, 0.1) is 47.4 Å². The Balaban J connectivity index is 1.64.